The first-order valence-corrected chi connectivity index (χ1v) is 27.9. The second-order valence-corrected chi connectivity index (χ2v) is 19.5. The molecule has 11 heteroatoms. The smallest absolute Gasteiger partial charge is 0.472 e. The summed E-state index contributed by atoms with van der Waals surface area (Å²) in [6, 6.07) is -1.47. The number of phosphoric ester groups is 1. The van der Waals surface area contributed by atoms with Crippen molar-refractivity contribution in [3.63, 3.8) is 0 Å². The van der Waals surface area contributed by atoms with Gasteiger partial charge in [0.2, 0.25) is 0 Å². The van der Waals surface area contributed by atoms with Crippen molar-refractivity contribution in [3.8, 4) is 0 Å². The maximum Gasteiger partial charge on any atom is 0.472 e. The van der Waals surface area contributed by atoms with E-state index in [-0.39, 0.29) is 13.0 Å². The van der Waals surface area contributed by atoms with Gasteiger partial charge in [0.25, 0.3) is 0 Å². The average Bonchev–Trinajstić information content (AvgIpc) is 3.26. The summed E-state index contributed by atoms with van der Waals surface area (Å²) in [6.07, 6.45) is 55.2. The Kier molecular flexibility index (Phi) is 47.2. The lowest BCUT2D eigenvalue weighted by molar-refractivity contribution is -0.154. The van der Waals surface area contributed by atoms with Gasteiger partial charge in [0, 0.05) is 13.0 Å². The predicted octanol–water partition coefficient (Wildman–Crippen LogP) is 15.4. The highest BCUT2D eigenvalue weighted by molar-refractivity contribution is 7.47. The molecule has 0 bridgehead atoms. The summed E-state index contributed by atoms with van der Waals surface area (Å²) < 4.78 is 33.5. The number of phosphoric acid groups is 1. The zero-order chi connectivity index (χ0) is 46.2. The fourth-order valence-corrected chi connectivity index (χ4v) is 8.42. The molecule has 0 aliphatic heterocycles. The lowest BCUT2D eigenvalue weighted by atomic mass is 10.0. The number of esters is 1. The Morgan fingerprint density at radius 2 is 0.873 bits per heavy atom. The van der Waals surface area contributed by atoms with Gasteiger partial charge in [0.15, 0.2) is 0 Å². The van der Waals surface area contributed by atoms with E-state index < -0.39 is 45.1 Å². The van der Waals surface area contributed by atoms with Gasteiger partial charge in [-0.05, 0) is 44.9 Å². The molecule has 0 heterocycles. The van der Waals surface area contributed by atoms with E-state index in [0.29, 0.717) is 13.0 Å². The van der Waals surface area contributed by atoms with Crippen molar-refractivity contribution < 1.29 is 42.7 Å². The van der Waals surface area contributed by atoms with Crippen molar-refractivity contribution in [1.82, 2.24) is 0 Å². The Bertz CT molecular complexity index is 1100. The zero-order valence-corrected chi connectivity index (χ0v) is 41.8. The molecule has 372 valence electrons. The number of aliphatic carboxylic acids is 1. The highest BCUT2D eigenvalue weighted by Gasteiger charge is 2.27. The van der Waals surface area contributed by atoms with Gasteiger partial charge in [0.1, 0.15) is 12.1 Å². The molecule has 0 fully saturated rings. The summed E-state index contributed by atoms with van der Waals surface area (Å²) in [5, 5.41) is 8.93. The number of unbranched alkanes of at least 4 members (excludes halogenated alkanes) is 33. The largest absolute Gasteiger partial charge is 0.480 e. The standard InChI is InChI=1S/C52H100NO9P/c1-3-5-7-9-11-13-15-17-19-21-23-25-26-28-30-32-34-36-38-40-42-44-51(54)62-49(47-60-63(57,58)61-48-50(53)52(55)56)46-59-45-43-41-39-37-35-33-31-29-27-24-22-20-18-16-14-12-10-8-6-4-2/h15,17,21,23,49-50H,3-14,16,18-20,22,24-48,53H2,1-2H3,(H,55,56)(H,57,58)/b17-15-,23-21-. The number of rotatable bonds is 51. The molecule has 0 aliphatic rings. The van der Waals surface area contributed by atoms with Gasteiger partial charge in [-0.15, -0.1) is 0 Å². The second-order valence-electron chi connectivity index (χ2n) is 18.0. The molecule has 4 N–H and O–H groups in total. The summed E-state index contributed by atoms with van der Waals surface area (Å²) in [4.78, 5) is 33.7. The Labute approximate surface area is 387 Å². The van der Waals surface area contributed by atoms with Gasteiger partial charge in [0.05, 0.1) is 19.8 Å². The molecule has 3 unspecified atom stereocenters. The van der Waals surface area contributed by atoms with E-state index >= 15 is 0 Å². The molecule has 0 aromatic carbocycles. The van der Waals surface area contributed by atoms with E-state index in [9.17, 15) is 19.0 Å². The minimum Gasteiger partial charge on any atom is -0.480 e. The highest BCUT2D eigenvalue weighted by atomic mass is 31.2. The Morgan fingerprint density at radius 3 is 1.29 bits per heavy atom. The summed E-state index contributed by atoms with van der Waals surface area (Å²) >= 11 is 0. The fraction of sp³-hybridized carbons (Fsp3) is 0.885. The molecule has 0 aliphatic carbocycles. The van der Waals surface area contributed by atoms with Crippen molar-refractivity contribution in [3.05, 3.63) is 24.3 Å². The normalized spacial score (nSPS) is 13.8. The van der Waals surface area contributed by atoms with Gasteiger partial charge in [-0.25, -0.2) is 4.57 Å². The molecular weight excluding hydrogens is 814 g/mol. The quantitative estimate of drug-likeness (QED) is 0.0232. The number of allylic oxidation sites excluding steroid dienone is 4. The van der Waals surface area contributed by atoms with Crippen LogP contribution in [0.1, 0.15) is 258 Å². The van der Waals surface area contributed by atoms with Gasteiger partial charge in [-0.3, -0.25) is 18.6 Å². The summed E-state index contributed by atoms with van der Waals surface area (Å²) in [5.41, 5.74) is 5.38. The van der Waals surface area contributed by atoms with Crippen LogP contribution < -0.4 is 5.73 Å². The van der Waals surface area contributed by atoms with Crippen LogP contribution in [0.3, 0.4) is 0 Å². The van der Waals surface area contributed by atoms with Crippen LogP contribution >= 0.6 is 7.82 Å². The lowest BCUT2D eigenvalue weighted by Gasteiger charge is -2.20. The number of hydrogen-bond acceptors (Lipinski definition) is 8. The number of carbonyl (C=O) groups is 2. The molecule has 63 heavy (non-hydrogen) atoms. The molecule has 10 nitrogen and oxygen atoms in total. The number of carboxylic acids is 1. The number of hydrogen-bond donors (Lipinski definition) is 3. The lowest BCUT2D eigenvalue weighted by Crippen LogP contribution is -2.34. The highest BCUT2D eigenvalue weighted by Crippen LogP contribution is 2.43. The maximum atomic E-state index is 12.7. The number of nitrogens with two attached hydrogens (primary N) is 1. The Hall–Kier alpha value is -1.55. The van der Waals surface area contributed by atoms with E-state index in [1.807, 2.05) is 0 Å². The van der Waals surface area contributed by atoms with E-state index in [0.717, 1.165) is 51.4 Å². The predicted molar refractivity (Wildman–Crippen MR) is 263 cm³/mol. The van der Waals surface area contributed by atoms with Crippen molar-refractivity contribution in [2.75, 3.05) is 26.4 Å². The molecule has 0 aromatic heterocycles. The minimum atomic E-state index is -4.62. The van der Waals surface area contributed by atoms with Gasteiger partial charge < -0.3 is 25.2 Å². The number of ether oxygens (including phenoxy) is 2. The Balaban J connectivity index is 4.10. The first-order chi connectivity index (χ1) is 30.7. The SMILES string of the molecule is CCCCCCC/C=C\C/C=C\CCCCCCCCCCCC(=O)OC(COCCCCCCCCCCCCCCCCCCCCCC)COP(=O)(O)OCC(N)C(=O)O. The van der Waals surface area contributed by atoms with Gasteiger partial charge in [-0.2, -0.15) is 0 Å². The van der Waals surface area contributed by atoms with Crippen molar-refractivity contribution >= 4 is 19.8 Å². The van der Waals surface area contributed by atoms with Crippen LogP contribution in [-0.2, 0) is 32.7 Å². The summed E-state index contributed by atoms with van der Waals surface area (Å²) in [6.45, 7) is 3.92. The molecule has 0 saturated carbocycles. The fourth-order valence-electron chi connectivity index (χ4n) is 7.64. The minimum absolute atomic E-state index is 0.0203. The first kappa shape index (κ1) is 61.5. The van der Waals surface area contributed by atoms with Crippen LogP contribution in [0.2, 0.25) is 0 Å². The number of carboxylic acid groups (broad SMARTS) is 1. The zero-order valence-electron chi connectivity index (χ0n) is 40.9. The molecule has 0 spiro atoms. The van der Waals surface area contributed by atoms with Crippen molar-refractivity contribution in [2.45, 2.75) is 270 Å². The van der Waals surface area contributed by atoms with Gasteiger partial charge in [-0.1, -0.05) is 231 Å². The molecule has 0 rings (SSSR count). The average molecular weight is 914 g/mol. The van der Waals surface area contributed by atoms with E-state index in [1.165, 1.54) is 180 Å². The Morgan fingerprint density at radius 1 is 0.508 bits per heavy atom. The summed E-state index contributed by atoms with van der Waals surface area (Å²) in [7, 11) is -4.62. The number of carbonyl (C=O) groups excluding carboxylic acids is 1. The van der Waals surface area contributed by atoms with Crippen molar-refractivity contribution in [1.29, 1.82) is 0 Å². The first-order valence-electron chi connectivity index (χ1n) is 26.4. The maximum absolute atomic E-state index is 12.7. The summed E-state index contributed by atoms with van der Waals surface area (Å²) in [5.74, 6) is -1.77. The molecule has 0 aromatic rings. The third-order valence-corrected chi connectivity index (χ3v) is 12.7. The molecule has 3 atom stereocenters. The van der Waals surface area contributed by atoms with Crippen LogP contribution in [-0.4, -0.2) is 60.5 Å². The van der Waals surface area contributed by atoms with Gasteiger partial charge >= 0.3 is 19.8 Å². The van der Waals surface area contributed by atoms with Crippen LogP contribution in [0.5, 0.6) is 0 Å². The third-order valence-electron chi connectivity index (χ3n) is 11.7. The van der Waals surface area contributed by atoms with Crippen LogP contribution in [0.4, 0.5) is 0 Å². The molecule has 0 amide bonds. The van der Waals surface area contributed by atoms with Crippen LogP contribution in [0.15, 0.2) is 24.3 Å². The molecule has 0 saturated heterocycles. The second kappa shape index (κ2) is 48.4. The van der Waals surface area contributed by atoms with Crippen LogP contribution in [0.25, 0.3) is 0 Å². The molecule has 0 radical (unpaired) electrons. The van der Waals surface area contributed by atoms with E-state index in [1.54, 1.807) is 0 Å². The van der Waals surface area contributed by atoms with E-state index in [4.69, 9.17) is 29.4 Å². The van der Waals surface area contributed by atoms with Crippen molar-refractivity contribution in [2.24, 2.45) is 5.73 Å². The topological polar surface area (TPSA) is 155 Å². The monoisotopic (exact) mass is 914 g/mol. The third kappa shape index (κ3) is 48.2. The van der Waals surface area contributed by atoms with E-state index in [2.05, 4.69) is 38.2 Å². The van der Waals surface area contributed by atoms with Crippen LogP contribution in [0, 0.1) is 0 Å². The molecular formula is C52H100NO9P.